The van der Waals surface area contributed by atoms with E-state index in [1.54, 1.807) is 0 Å². The number of fused-ring (bicyclic) bond motifs is 1. The Hall–Kier alpha value is -0.120. The van der Waals surface area contributed by atoms with Crippen LogP contribution in [0.25, 0.3) is 0 Å². The minimum absolute atomic E-state index is 0.757. The van der Waals surface area contributed by atoms with Gasteiger partial charge in [-0.2, -0.15) is 0 Å². The molecule has 3 fully saturated rings. The molecule has 0 spiro atoms. The lowest BCUT2D eigenvalue weighted by atomic mass is 9.97. The zero-order valence-electron chi connectivity index (χ0n) is 13.4. The second kappa shape index (κ2) is 6.76. The Morgan fingerprint density at radius 2 is 2.00 bits per heavy atom. The molecule has 116 valence electrons. The molecule has 2 aliphatic heterocycles. The van der Waals surface area contributed by atoms with Gasteiger partial charge in [0.25, 0.3) is 0 Å². The summed E-state index contributed by atoms with van der Waals surface area (Å²) in [6, 6.07) is 1.60. The first-order chi connectivity index (χ1) is 9.74. The molecule has 0 N–H and O–H groups in total. The summed E-state index contributed by atoms with van der Waals surface area (Å²) in [6.07, 6.45) is 6.84. The summed E-state index contributed by atoms with van der Waals surface area (Å²) in [5.74, 6) is 1.67. The average Bonchev–Trinajstić information content (AvgIpc) is 3.14. The van der Waals surface area contributed by atoms with Crippen LogP contribution in [0.2, 0.25) is 0 Å². The van der Waals surface area contributed by atoms with Crippen LogP contribution in [0.15, 0.2) is 0 Å². The van der Waals surface area contributed by atoms with Gasteiger partial charge in [0.1, 0.15) is 0 Å². The van der Waals surface area contributed by atoms with Gasteiger partial charge in [-0.3, -0.25) is 9.80 Å². The molecule has 3 heteroatoms. The fourth-order valence-electron chi connectivity index (χ4n) is 3.90. The molecule has 20 heavy (non-hydrogen) atoms. The number of ether oxygens (including phenoxy) is 1. The third kappa shape index (κ3) is 3.75. The fourth-order valence-corrected chi connectivity index (χ4v) is 3.90. The van der Waals surface area contributed by atoms with Crippen LogP contribution in [0.3, 0.4) is 0 Å². The highest BCUT2D eigenvalue weighted by Crippen LogP contribution is 2.29. The van der Waals surface area contributed by atoms with E-state index in [2.05, 4.69) is 23.6 Å². The van der Waals surface area contributed by atoms with Gasteiger partial charge in [0, 0.05) is 44.9 Å². The number of piperazine rings is 1. The van der Waals surface area contributed by atoms with Crippen molar-refractivity contribution in [2.45, 2.75) is 58.0 Å². The number of rotatable bonds is 7. The van der Waals surface area contributed by atoms with E-state index in [4.69, 9.17) is 4.74 Å². The maximum absolute atomic E-state index is 5.79. The Kier molecular flexibility index (Phi) is 5.00. The molecule has 2 saturated heterocycles. The van der Waals surface area contributed by atoms with Gasteiger partial charge in [-0.15, -0.1) is 0 Å². The number of hydrogen-bond acceptors (Lipinski definition) is 3. The first-order valence-corrected chi connectivity index (χ1v) is 8.80. The lowest BCUT2D eigenvalue weighted by Crippen LogP contribution is -2.57. The molecule has 2 heterocycles. The largest absolute Gasteiger partial charge is 0.381 e. The molecule has 0 bridgehead atoms. The minimum atomic E-state index is 0.757. The molecule has 3 aliphatic rings. The topological polar surface area (TPSA) is 15.7 Å². The molecule has 0 aromatic heterocycles. The van der Waals surface area contributed by atoms with Crippen molar-refractivity contribution in [1.29, 1.82) is 0 Å². The molecule has 1 saturated carbocycles. The average molecular weight is 280 g/mol. The highest BCUT2D eigenvalue weighted by atomic mass is 16.5. The smallest absolute Gasteiger partial charge is 0.0494 e. The van der Waals surface area contributed by atoms with Gasteiger partial charge in [0.15, 0.2) is 0 Å². The van der Waals surface area contributed by atoms with Crippen LogP contribution in [-0.4, -0.2) is 61.3 Å². The van der Waals surface area contributed by atoms with Crippen LogP contribution in [0.4, 0.5) is 0 Å². The van der Waals surface area contributed by atoms with E-state index in [1.807, 2.05) is 0 Å². The van der Waals surface area contributed by atoms with Crippen molar-refractivity contribution in [2.24, 2.45) is 11.8 Å². The second-order valence-electron chi connectivity index (χ2n) is 7.47. The monoisotopic (exact) mass is 280 g/mol. The third-order valence-electron chi connectivity index (χ3n) is 5.39. The molecule has 0 aromatic carbocycles. The summed E-state index contributed by atoms with van der Waals surface area (Å²) in [5, 5.41) is 0. The molecular formula is C17H32N2O. The summed E-state index contributed by atoms with van der Waals surface area (Å²) in [5.41, 5.74) is 0. The highest BCUT2D eigenvalue weighted by molar-refractivity contribution is 4.93. The van der Waals surface area contributed by atoms with E-state index in [-0.39, 0.29) is 0 Å². The van der Waals surface area contributed by atoms with Crippen LogP contribution in [0.1, 0.15) is 46.0 Å². The first-order valence-electron chi connectivity index (χ1n) is 8.80. The van der Waals surface area contributed by atoms with Gasteiger partial charge in [-0.1, -0.05) is 13.8 Å². The molecule has 3 nitrogen and oxygen atoms in total. The minimum Gasteiger partial charge on any atom is -0.381 e. The fraction of sp³-hybridized carbons (Fsp3) is 1.00. The van der Waals surface area contributed by atoms with Gasteiger partial charge < -0.3 is 4.74 Å². The number of nitrogens with zero attached hydrogens (tertiary/aromatic N) is 2. The quantitative estimate of drug-likeness (QED) is 0.667. The molecule has 0 aromatic rings. The molecule has 2 unspecified atom stereocenters. The van der Waals surface area contributed by atoms with E-state index < -0.39 is 0 Å². The zero-order valence-corrected chi connectivity index (χ0v) is 13.4. The highest BCUT2D eigenvalue weighted by Gasteiger charge is 2.36. The van der Waals surface area contributed by atoms with Gasteiger partial charge in [-0.25, -0.2) is 0 Å². The van der Waals surface area contributed by atoms with Crippen molar-refractivity contribution < 1.29 is 4.74 Å². The van der Waals surface area contributed by atoms with Crippen molar-refractivity contribution >= 4 is 0 Å². The number of hydrogen-bond donors (Lipinski definition) is 0. The van der Waals surface area contributed by atoms with Crippen molar-refractivity contribution in [2.75, 3.05) is 39.4 Å². The van der Waals surface area contributed by atoms with Gasteiger partial charge >= 0.3 is 0 Å². The summed E-state index contributed by atoms with van der Waals surface area (Å²) in [6.45, 7) is 11.9. The van der Waals surface area contributed by atoms with Crippen LogP contribution < -0.4 is 0 Å². The first kappa shape index (κ1) is 14.8. The van der Waals surface area contributed by atoms with Crippen LogP contribution >= 0.6 is 0 Å². The van der Waals surface area contributed by atoms with E-state index in [0.29, 0.717) is 0 Å². The third-order valence-corrected chi connectivity index (χ3v) is 5.39. The van der Waals surface area contributed by atoms with Crippen molar-refractivity contribution in [3.8, 4) is 0 Å². The second-order valence-corrected chi connectivity index (χ2v) is 7.47. The van der Waals surface area contributed by atoms with Gasteiger partial charge in [0.05, 0.1) is 0 Å². The Morgan fingerprint density at radius 3 is 2.75 bits per heavy atom. The predicted molar refractivity (Wildman–Crippen MR) is 83.0 cm³/mol. The maximum Gasteiger partial charge on any atom is 0.0494 e. The molecule has 3 rings (SSSR count). The lowest BCUT2D eigenvalue weighted by Gasteiger charge is -2.45. The lowest BCUT2D eigenvalue weighted by molar-refractivity contribution is 0.0212. The predicted octanol–water partition coefficient (Wildman–Crippen LogP) is 2.61. The van der Waals surface area contributed by atoms with Gasteiger partial charge in [-0.05, 0) is 50.5 Å². The van der Waals surface area contributed by atoms with Crippen molar-refractivity contribution in [1.82, 2.24) is 9.80 Å². The van der Waals surface area contributed by atoms with Crippen molar-refractivity contribution in [3.05, 3.63) is 0 Å². The standard InChI is InChI=1S/C17H32N2O/c1-14(2)17-12-18-8-3-5-16(18)11-19(17)9-4-10-20-13-15-6-7-15/h14-17H,3-13H2,1-2H3. The summed E-state index contributed by atoms with van der Waals surface area (Å²) in [4.78, 5) is 5.50. The molecule has 1 aliphatic carbocycles. The molecule has 0 radical (unpaired) electrons. The Bertz CT molecular complexity index is 303. The maximum atomic E-state index is 5.79. The Balaban J connectivity index is 1.42. The van der Waals surface area contributed by atoms with E-state index in [1.165, 1.54) is 58.3 Å². The zero-order chi connectivity index (χ0) is 13.9. The SMILES string of the molecule is CC(C)C1CN2CCCC2CN1CCCOCC1CC1. The Labute approximate surface area is 124 Å². The molecule has 0 amide bonds. The van der Waals surface area contributed by atoms with E-state index >= 15 is 0 Å². The summed E-state index contributed by atoms with van der Waals surface area (Å²) < 4.78 is 5.79. The van der Waals surface area contributed by atoms with Crippen LogP contribution in [-0.2, 0) is 4.74 Å². The van der Waals surface area contributed by atoms with Crippen molar-refractivity contribution in [3.63, 3.8) is 0 Å². The normalized spacial score (nSPS) is 31.9. The van der Waals surface area contributed by atoms with E-state index in [9.17, 15) is 0 Å². The van der Waals surface area contributed by atoms with E-state index in [0.717, 1.165) is 37.1 Å². The summed E-state index contributed by atoms with van der Waals surface area (Å²) >= 11 is 0. The molecule has 2 atom stereocenters. The van der Waals surface area contributed by atoms with Crippen LogP contribution in [0, 0.1) is 11.8 Å². The summed E-state index contributed by atoms with van der Waals surface area (Å²) in [7, 11) is 0. The molecular weight excluding hydrogens is 248 g/mol. The van der Waals surface area contributed by atoms with Gasteiger partial charge in [0.2, 0.25) is 0 Å². The van der Waals surface area contributed by atoms with Crippen LogP contribution in [0.5, 0.6) is 0 Å². The Morgan fingerprint density at radius 1 is 1.15 bits per heavy atom.